The number of carbonyl (C=O) groups is 2. The lowest BCUT2D eigenvalue weighted by molar-refractivity contribution is -0.138. The summed E-state index contributed by atoms with van der Waals surface area (Å²) in [6.45, 7) is 0.230. The molecule has 0 aliphatic heterocycles. The SMILES string of the molecule is N#C/C(=C/NCCCC(=O)O)C(=O)Nc1cccc(C(F)(F)F)c1. The summed E-state index contributed by atoms with van der Waals surface area (Å²) in [7, 11) is 0. The Labute approximate surface area is 135 Å². The van der Waals surface area contributed by atoms with E-state index >= 15 is 0 Å². The number of anilines is 1. The van der Waals surface area contributed by atoms with Crippen LogP contribution < -0.4 is 10.6 Å². The minimum atomic E-state index is -4.54. The van der Waals surface area contributed by atoms with E-state index in [0.29, 0.717) is 6.42 Å². The fourth-order valence-electron chi connectivity index (χ4n) is 1.64. The van der Waals surface area contributed by atoms with Crippen molar-refractivity contribution in [2.24, 2.45) is 0 Å². The molecule has 1 aromatic rings. The Bertz CT molecular complexity index is 679. The first kappa shape index (κ1) is 19.0. The van der Waals surface area contributed by atoms with Crippen molar-refractivity contribution < 1.29 is 27.9 Å². The van der Waals surface area contributed by atoms with Crippen molar-refractivity contribution in [3.05, 3.63) is 41.6 Å². The lowest BCUT2D eigenvalue weighted by atomic mass is 10.2. The van der Waals surface area contributed by atoms with Crippen molar-refractivity contribution in [2.45, 2.75) is 19.0 Å². The van der Waals surface area contributed by atoms with Crippen LogP contribution in [0.5, 0.6) is 0 Å². The van der Waals surface area contributed by atoms with Gasteiger partial charge < -0.3 is 15.7 Å². The van der Waals surface area contributed by atoms with Crippen LogP contribution in [0.2, 0.25) is 0 Å². The molecule has 0 radical (unpaired) electrons. The van der Waals surface area contributed by atoms with Gasteiger partial charge in [0, 0.05) is 24.9 Å². The van der Waals surface area contributed by atoms with Gasteiger partial charge in [0.1, 0.15) is 11.6 Å². The van der Waals surface area contributed by atoms with E-state index < -0.39 is 23.6 Å². The highest BCUT2D eigenvalue weighted by atomic mass is 19.4. The highest BCUT2D eigenvalue weighted by molar-refractivity contribution is 6.06. The molecule has 0 atom stereocenters. The number of aliphatic carboxylic acids is 1. The maximum atomic E-state index is 12.6. The van der Waals surface area contributed by atoms with Crippen LogP contribution in [0.1, 0.15) is 18.4 Å². The summed E-state index contributed by atoms with van der Waals surface area (Å²) in [5, 5.41) is 22.2. The van der Waals surface area contributed by atoms with Gasteiger partial charge in [0.2, 0.25) is 0 Å². The summed E-state index contributed by atoms with van der Waals surface area (Å²) >= 11 is 0. The zero-order valence-electron chi connectivity index (χ0n) is 12.4. The number of alkyl halides is 3. The van der Waals surface area contributed by atoms with Gasteiger partial charge >= 0.3 is 12.1 Å². The Morgan fingerprint density at radius 3 is 2.62 bits per heavy atom. The zero-order chi connectivity index (χ0) is 18.2. The van der Waals surface area contributed by atoms with E-state index in [1.807, 2.05) is 0 Å². The van der Waals surface area contributed by atoms with Crippen LogP contribution in [0, 0.1) is 11.3 Å². The van der Waals surface area contributed by atoms with E-state index in [-0.39, 0.29) is 24.2 Å². The Morgan fingerprint density at radius 2 is 2.04 bits per heavy atom. The van der Waals surface area contributed by atoms with Crippen LogP contribution >= 0.6 is 0 Å². The van der Waals surface area contributed by atoms with Gasteiger partial charge in [-0.3, -0.25) is 9.59 Å². The number of hydrogen-bond acceptors (Lipinski definition) is 4. The molecule has 0 saturated heterocycles. The lowest BCUT2D eigenvalue weighted by Gasteiger charge is -2.09. The standard InChI is InChI=1S/C15H14F3N3O3/c16-15(17,18)11-3-1-4-12(7-11)21-14(24)10(8-19)9-20-6-2-5-13(22)23/h1,3-4,7,9,20H,2,5-6H2,(H,21,24)(H,22,23)/b10-9-. The Kier molecular flexibility index (Phi) is 6.79. The quantitative estimate of drug-likeness (QED) is 0.402. The van der Waals surface area contributed by atoms with Crippen LogP contribution in [0.3, 0.4) is 0 Å². The molecule has 0 aromatic heterocycles. The van der Waals surface area contributed by atoms with Gasteiger partial charge in [-0.2, -0.15) is 18.4 Å². The van der Waals surface area contributed by atoms with Gasteiger partial charge in [-0.25, -0.2) is 0 Å². The molecule has 0 saturated carbocycles. The first-order valence-electron chi connectivity index (χ1n) is 6.78. The van der Waals surface area contributed by atoms with Gasteiger partial charge in [0.25, 0.3) is 5.91 Å². The number of carboxylic acids is 1. The van der Waals surface area contributed by atoms with E-state index in [2.05, 4.69) is 10.6 Å². The van der Waals surface area contributed by atoms with Crippen molar-refractivity contribution in [3.8, 4) is 6.07 Å². The van der Waals surface area contributed by atoms with Crippen LogP contribution in [0.25, 0.3) is 0 Å². The number of nitriles is 1. The second kappa shape index (κ2) is 8.57. The summed E-state index contributed by atoms with van der Waals surface area (Å²) in [5.41, 5.74) is -1.36. The van der Waals surface area contributed by atoms with E-state index in [0.717, 1.165) is 24.4 Å². The number of carboxylic acid groups (broad SMARTS) is 1. The average molecular weight is 341 g/mol. The molecule has 24 heavy (non-hydrogen) atoms. The summed E-state index contributed by atoms with van der Waals surface area (Å²) in [6.07, 6.45) is -3.23. The maximum Gasteiger partial charge on any atom is 0.416 e. The number of halogens is 3. The molecule has 128 valence electrons. The lowest BCUT2D eigenvalue weighted by Crippen LogP contribution is -2.18. The molecule has 0 bridgehead atoms. The minimum absolute atomic E-state index is 0.0703. The first-order chi connectivity index (χ1) is 11.2. The van der Waals surface area contributed by atoms with Crippen molar-refractivity contribution in [1.82, 2.24) is 5.32 Å². The van der Waals surface area contributed by atoms with Crippen molar-refractivity contribution >= 4 is 17.6 Å². The topological polar surface area (TPSA) is 102 Å². The summed E-state index contributed by atoms with van der Waals surface area (Å²) in [5.74, 6) is -1.84. The molecule has 3 N–H and O–H groups in total. The van der Waals surface area contributed by atoms with Gasteiger partial charge in [-0.05, 0) is 24.6 Å². The summed E-state index contributed by atoms with van der Waals surface area (Å²) < 4.78 is 37.8. The number of amides is 1. The number of benzene rings is 1. The third-order valence-corrected chi connectivity index (χ3v) is 2.77. The van der Waals surface area contributed by atoms with Crippen molar-refractivity contribution in [1.29, 1.82) is 5.26 Å². The molecule has 0 fully saturated rings. The molecular weight excluding hydrogens is 327 g/mol. The number of nitrogens with one attached hydrogen (secondary N) is 2. The molecule has 0 spiro atoms. The van der Waals surface area contributed by atoms with Gasteiger partial charge in [-0.1, -0.05) is 6.07 Å². The molecule has 0 aliphatic carbocycles. The number of nitrogens with zero attached hydrogens (tertiary/aromatic N) is 1. The van der Waals surface area contributed by atoms with Gasteiger partial charge in [0.15, 0.2) is 0 Å². The Morgan fingerprint density at radius 1 is 1.33 bits per heavy atom. The molecule has 6 nitrogen and oxygen atoms in total. The largest absolute Gasteiger partial charge is 0.481 e. The predicted octanol–water partition coefficient (Wildman–Crippen LogP) is 2.51. The van der Waals surface area contributed by atoms with E-state index in [1.165, 1.54) is 6.07 Å². The number of rotatable bonds is 7. The molecule has 0 aliphatic rings. The third kappa shape index (κ3) is 6.39. The maximum absolute atomic E-state index is 12.6. The molecule has 9 heteroatoms. The normalized spacial score (nSPS) is 11.5. The van der Waals surface area contributed by atoms with Crippen LogP contribution in [-0.4, -0.2) is 23.5 Å². The summed E-state index contributed by atoms with van der Waals surface area (Å²) in [6, 6.07) is 5.64. The van der Waals surface area contributed by atoms with Crippen LogP contribution in [0.15, 0.2) is 36.0 Å². The van der Waals surface area contributed by atoms with E-state index in [4.69, 9.17) is 10.4 Å². The van der Waals surface area contributed by atoms with E-state index in [9.17, 15) is 22.8 Å². The minimum Gasteiger partial charge on any atom is -0.481 e. The first-order valence-corrected chi connectivity index (χ1v) is 6.78. The molecule has 0 unspecified atom stereocenters. The van der Waals surface area contributed by atoms with E-state index in [1.54, 1.807) is 6.07 Å². The summed E-state index contributed by atoms with van der Waals surface area (Å²) in [4.78, 5) is 22.2. The van der Waals surface area contributed by atoms with Crippen molar-refractivity contribution in [3.63, 3.8) is 0 Å². The number of carbonyl (C=O) groups excluding carboxylic acids is 1. The Balaban J connectivity index is 2.68. The molecule has 1 amide bonds. The fourth-order valence-corrected chi connectivity index (χ4v) is 1.64. The van der Waals surface area contributed by atoms with Crippen LogP contribution in [-0.2, 0) is 15.8 Å². The monoisotopic (exact) mass is 341 g/mol. The Hall–Kier alpha value is -3.02. The molecule has 1 rings (SSSR count). The molecule has 1 aromatic carbocycles. The van der Waals surface area contributed by atoms with Crippen molar-refractivity contribution in [2.75, 3.05) is 11.9 Å². The van der Waals surface area contributed by atoms with Gasteiger partial charge in [-0.15, -0.1) is 0 Å². The molecule has 0 heterocycles. The zero-order valence-corrected chi connectivity index (χ0v) is 12.4. The second-order valence-electron chi connectivity index (χ2n) is 4.65. The predicted molar refractivity (Wildman–Crippen MR) is 78.6 cm³/mol. The number of hydrogen-bond donors (Lipinski definition) is 3. The molecular formula is C15H14F3N3O3. The highest BCUT2D eigenvalue weighted by Gasteiger charge is 2.30. The fraction of sp³-hybridized carbons (Fsp3) is 0.267. The highest BCUT2D eigenvalue weighted by Crippen LogP contribution is 2.30. The smallest absolute Gasteiger partial charge is 0.416 e. The van der Waals surface area contributed by atoms with Crippen LogP contribution in [0.4, 0.5) is 18.9 Å². The van der Waals surface area contributed by atoms with Gasteiger partial charge in [0.05, 0.1) is 5.56 Å². The second-order valence-corrected chi connectivity index (χ2v) is 4.65. The third-order valence-electron chi connectivity index (χ3n) is 2.77. The average Bonchev–Trinajstić information content (AvgIpc) is 2.50.